The molecule has 220 valence electrons. The lowest BCUT2D eigenvalue weighted by Crippen LogP contribution is -2.62. The van der Waals surface area contributed by atoms with Gasteiger partial charge in [-0.15, -0.1) is 0 Å². The summed E-state index contributed by atoms with van der Waals surface area (Å²) in [6.45, 7) is 2.47. The number of alkyl halides is 6. The highest BCUT2D eigenvalue weighted by Gasteiger charge is 2.42. The monoisotopic (exact) mass is 580 g/mol. The number of nitrogens with zero attached hydrogens (tertiary/aromatic N) is 4. The number of rotatable bonds is 7. The molecule has 2 aromatic rings. The van der Waals surface area contributed by atoms with E-state index in [-0.39, 0.29) is 44.4 Å². The number of pyridine rings is 1. The van der Waals surface area contributed by atoms with E-state index in [2.05, 4.69) is 15.4 Å². The summed E-state index contributed by atoms with van der Waals surface area (Å²) in [5.74, 6) is -0.443. The third-order valence-corrected chi connectivity index (χ3v) is 6.39. The van der Waals surface area contributed by atoms with Crippen molar-refractivity contribution in [3.05, 3.63) is 39.9 Å². The first-order chi connectivity index (χ1) is 18.6. The number of ether oxygens (including phenoxy) is 2. The topological polar surface area (TPSA) is 133 Å². The second-order valence-electron chi connectivity index (χ2n) is 9.77. The van der Waals surface area contributed by atoms with Crippen molar-refractivity contribution in [3.63, 3.8) is 0 Å². The molecule has 0 saturated carbocycles. The number of hydrogen-bond donors (Lipinski definition) is 3. The zero-order chi connectivity index (χ0) is 29.5. The Morgan fingerprint density at radius 3 is 2.65 bits per heavy atom. The lowest BCUT2D eigenvalue weighted by atomic mass is 10.0. The van der Waals surface area contributed by atoms with Gasteiger partial charge in [-0.2, -0.15) is 31.4 Å². The number of amides is 1. The largest absolute Gasteiger partial charge is 0.487 e. The first kappa shape index (κ1) is 29.4. The number of anilines is 2. The zero-order valence-corrected chi connectivity index (χ0v) is 21.3. The molecule has 17 heteroatoms. The summed E-state index contributed by atoms with van der Waals surface area (Å²) in [5.41, 5.74) is -6.33. The molecule has 1 saturated heterocycles. The quantitative estimate of drug-likeness (QED) is 0.420. The molecule has 2 aliphatic rings. The standard InChI is InChI=1S/C23H26F6N6O5/c1-12(32-15-7-31-33-19(36)17(15)23(27,28)29)9-39-11-21(2,38)20(37)34-3-4-35-14(8-34)10-40-16-5-13(22(24,25)26)6-30-18(16)35/h5-7,12,14,38H,3-4,8-11H2,1-2H3,(H2,32,33,36)/t12-,14?,21?/m0/s1. The van der Waals surface area contributed by atoms with Gasteiger partial charge in [0, 0.05) is 31.9 Å². The zero-order valence-electron chi connectivity index (χ0n) is 21.3. The third kappa shape index (κ3) is 6.24. The summed E-state index contributed by atoms with van der Waals surface area (Å²) in [6, 6.07) is -0.297. The highest BCUT2D eigenvalue weighted by atomic mass is 19.4. The molecule has 0 aromatic carbocycles. The average molecular weight is 580 g/mol. The first-order valence-corrected chi connectivity index (χ1v) is 12.1. The molecular weight excluding hydrogens is 554 g/mol. The number of fused-ring (bicyclic) bond motifs is 3. The van der Waals surface area contributed by atoms with Crippen molar-refractivity contribution in [2.45, 2.75) is 43.9 Å². The van der Waals surface area contributed by atoms with E-state index in [4.69, 9.17) is 9.47 Å². The second kappa shape index (κ2) is 10.8. The van der Waals surface area contributed by atoms with Crippen molar-refractivity contribution in [2.75, 3.05) is 49.7 Å². The Hall–Kier alpha value is -3.60. The van der Waals surface area contributed by atoms with Crippen LogP contribution in [0.5, 0.6) is 5.75 Å². The molecule has 4 rings (SSSR count). The number of nitrogens with one attached hydrogen (secondary N) is 2. The fraction of sp³-hybridized carbons (Fsp3) is 0.565. The summed E-state index contributed by atoms with van der Waals surface area (Å²) >= 11 is 0. The van der Waals surface area contributed by atoms with Crippen molar-refractivity contribution < 1.29 is 45.7 Å². The lowest BCUT2D eigenvalue weighted by Gasteiger charge is -2.46. The van der Waals surface area contributed by atoms with E-state index < -0.39 is 64.9 Å². The maximum absolute atomic E-state index is 13.2. The third-order valence-electron chi connectivity index (χ3n) is 6.39. The number of hydrogen-bond acceptors (Lipinski definition) is 9. The lowest BCUT2D eigenvalue weighted by molar-refractivity contribution is -0.156. The Bertz CT molecular complexity index is 1300. The number of aromatic amines is 1. The minimum Gasteiger partial charge on any atom is -0.487 e. The molecule has 11 nitrogen and oxygen atoms in total. The van der Waals surface area contributed by atoms with Gasteiger partial charge in [-0.05, 0) is 19.9 Å². The number of halogens is 6. The number of carbonyl (C=O) groups excluding carboxylic acids is 1. The van der Waals surface area contributed by atoms with Crippen LogP contribution in [0.2, 0.25) is 0 Å². The van der Waals surface area contributed by atoms with E-state index in [0.29, 0.717) is 0 Å². The normalized spacial score (nSPS) is 19.7. The fourth-order valence-corrected chi connectivity index (χ4v) is 4.49. The van der Waals surface area contributed by atoms with Gasteiger partial charge in [0.2, 0.25) is 0 Å². The first-order valence-electron chi connectivity index (χ1n) is 12.1. The molecule has 0 radical (unpaired) electrons. The van der Waals surface area contributed by atoms with Crippen LogP contribution < -0.4 is 20.5 Å². The maximum Gasteiger partial charge on any atom is 0.423 e. The number of carbonyl (C=O) groups is 1. The highest BCUT2D eigenvalue weighted by Crippen LogP contribution is 2.38. The van der Waals surface area contributed by atoms with Crippen LogP contribution in [0.3, 0.4) is 0 Å². The Morgan fingerprint density at radius 1 is 1.25 bits per heavy atom. The van der Waals surface area contributed by atoms with Gasteiger partial charge in [0.05, 0.1) is 36.7 Å². The van der Waals surface area contributed by atoms with Crippen molar-refractivity contribution in [1.82, 2.24) is 20.1 Å². The van der Waals surface area contributed by atoms with Crippen LogP contribution in [0.25, 0.3) is 0 Å². The number of piperazine rings is 1. The number of aliphatic hydroxyl groups is 1. The van der Waals surface area contributed by atoms with E-state index in [0.717, 1.165) is 18.5 Å². The molecule has 40 heavy (non-hydrogen) atoms. The predicted molar refractivity (Wildman–Crippen MR) is 127 cm³/mol. The molecule has 1 amide bonds. The Morgan fingerprint density at radius 2 is 1.98 bits per heavy atom. The Balaban J connectivity index is 1.32. The van der Waals surface area contributed by atoms with Gasteiger partial charge in [0.15, 0.2) is 17.2 Å². The molecule has 0 bridgehead atoms. The second-order valence-corrected chi connectivity index (χ2v) is 9.77. The minimum atomic E-state index is -4.92. The molecule has 2 aromatic heterocycles. The number of aromatic nitrogens is 3. The molecule has 4 heterocycles. The summed E-state index contributed by atoms with van der Waals surface area (Å²) in [5, 5.41) is 18.4. The van der Waals surface area contributed by atoms with Gasteiger partial charge < -0.3 is 29.7 Å². The van der Waals surface area contributed by atoms with Gasteiger partial charge in [0.25, 0.3) is 11.5 Å². The summed E-state index contributed by atoms with van der Waals surface area (Å²) < 4.78 is 89.6. The highest BCUT2D eigenvalue weighted by molar-refractivity contribution is 5.85. The Kier molecular flexibility index (Phi) is 7.90. The SMILES string of the molecule is C[C@@H](COCC(C)(O)C(=O)N1CCN2c3ncc(C(F)(F)F)cc3OCC2C1)Nc1cn[nH]c(=O)c1C(F)(F)F. The average Bonchev–Trinajstić information content (AvgIpc) is 2.86. The van der Waals surface area contributed by atoms with E-state index in [1.807, 2.05) is 0 Å². The predicted octanol–water partition coefficient (Wildman–Crippen LogP) is 1.88. The van der Waals surface area contributed by atoms with Crippen LogP contribution in [0, 0.1) is 0 Å². The number of H-pyrrole nitrogens is 1. The molecule has 0 spiro atoms. The fourth-order valence-electron chi connectivity index (χ4n) is 4.49. The Labute approximate surface area is 223 Å². The van der Waals surface area contributed by atoms with Crippen LogP contribution in [0.4, 0.5) is 37.8 Å². The summed E-state index contributed by atoms with van der Waals surface area (Å²) in [6.07, 6.45) is -7.96. The van der Waals surface area contributed by atoms with Crippen molar-refractivity contribution in [3.8, 4) is 5.75 Å². The molecule has 2 unspecified atom stereocenters. The van der Waals surface area contributed by atoms with Gasteiger partial charge >= 0.3 is 12.4 Å². The van der Waals surface area contributed by atoms with E-state index >= 15 is 0 Å². The molecular formula is C23H26F6N6O5. The van der Waals surface area contributed by atoms with E-state index in [9.17, 15) is 41.0 Å². The molecule has 2 aliphatic heterocycles. The summed E-state index contributed by atoms with van der Waals surface area (Å²) in [4.78, 5) is 31.7. The van der Waals surface area contributed by atoms with Crippen molar-refractivity contribution >= 4 is 17.4 Å². The maximum atomic E-state index is 13.2. The van der Waals surface area contributed by atoms with Crippen LogP contribution in [0.15, 0.2) is 23.3 Å². The molecule has 0 aliphatic carbocycles. The molecule has 1 fully saturated rings. The van der Waals surface area contributed by atoms with Gasteiger partial charge in [-0.1, -0.05) is 0 Å². The van der Waals surface area contributed by atoms with Gasteiger partial charge in [-0.3, -0.25) is 9.59 Å². The van der Waals surface area contributed by atoms with Crippen molar-refractivity contribution in [1.29, 1.82) is 0 Å². The van der Waals surface area contributed by atoms with Crippen LogP contribution in [0.1, 0.15) is 25.0 Å². The smallest absolute Gasteiger partial charge is 0.423 e. The minimum absolute atomic E-state index is 0.00130. The van der Waals surface area contributed by atoms with Crippen molar-refractivity contribution in [2.24, 2.45) is 0 Å². The van der Waals surface area contributed by atoms with E-state index in [1.165, 1.54) is 18.7 Å². The van der Waals surface area contributed by atoms with Crippen LogP contribution >= 0.6 is 0 Å². The molecule has 3 N–H and O–H groups in total. The molecule has 3 atom stereocenters. The van der Waals surface area contributed by atoms with Crippen LogP contribution in [-0.2, 0) is 21.9 Å². The van der Waals surface area contributed by atoms with Gasteiger partial charge in [0.1, 0.15) is 12.2 Å². The van der Waals surface area contributed by atoms with Crippen LogP contribution in [-0.4, -0.2) is 88.2 Å². The summed E-state index contributed by atoms with van der Waals surface area (Å²) in [7, 11) is 0. The van der Waals surface area contributed by atoms with E-state index in [1.54, 1.807) is 10.00 Å². The van der Waals surface area contributed by atoms with Gasteiger partial charge in [-0.25, -0.2) is 10.1 Å².